The third-order valence-electron chi connectivity index (χ3n) is 5.72. The van der Waals surface area contributed by atoms with Crippen LogP contribution in [0.15, 0.2) is 63.7 Å². The summed E-state index contributed by atoms with van der Waals surface area (Å²) in [5.41, 5.74) is 13.1. The van der Waals surface area contributed by atoms with Gasteiger partial charge in [0.25, 0.3) is 5.92 Å². The largest absolute Gasteiger partial charge is 0.481 e. The Morgan fingerprint density at radius 2 is 2.06 bits per heavy atom. The van der Waals surface area contributed by atoms with Crippen molar-refractivity contribution in [1.82, 2.24) is 14.5 Å². The molecule has 2 atom stereocenters. The number of nitrogen functional groups attached to an aromatic ring is 1. The number of hydrogen-bond donors (Lipinski definition) is 2. The van der Waals surface area contributed by atoms with Gasteiger partial charge in [-0.15, -0.1) is 0 Å². The van der Waals surface area contributed by atoms with Gasteiger partial charge in [-0.3, -0.25) is 9.47 Å². The van der Waals surface area contributed by atoms with E-state index in [-0.39, 0.29) is 12.4 Å². The minimum atomic E-state index is -3.26. The summed E-state index contributed by atoms with van der Waals surface area (Å²) >= 11 is 0. The molecule has 1 saturated heterocycles. The molecule has 1 aromatic carbocycles. The molecule has 0 amide bonds. The van der Waals surface area contributed by atoms with Gasteiger partial charge in [0.2, 0.25) is 12.1 Å². The van der Waals surface area contributed by atoms with Gasteiger partial charge in [-0.05, 0) is 18.1 Å². The molecule has 33 heavy (non-hydrogen) atoms. The van der Waals surface area contributed by atoms with Crippen LogP contribution in [0.5, 0.6) is 0 Å². The highest BCUT2D eigenvalue weighted by molar-refractivity contribution is 5.94. The second-order valence-corrected chi connectivity index (χ2v) is 7.99. The van der Waals surface area contributed by atoms with Crippen LogP contribution in [0.4, 0.5) is 14.6 Å². The second kappa shape index (κ2) is 9.28. The number of aromatic nitrogens is 2. The first-order chi connectivity index (χ1) is 15.8. The molecule has 1 unspecified atom stereocenters. The number of nitrogens with zero attached hydrogens (tertiary/aromatic N) is 4. The van der Waals surface area contributed by atoms with Crippen molar-refractivity contribution in [3.8, 4) is 0 Å². The summed E-state index contributed by atoms with van der Waals surface area (Å²) in [6.45, 7) is 1.08. The van der Waals surface area contributed by atoms with E-state index < -0.39 is 30.5 Å². The molecule has 11 heteroatoms. The quantitative estimate of drug-likeness (QED) is 0.516. The Kier molecular flexibility index (Phi) is 6.43. The number of methoxy groups -OCH3 is 1. The molecule has 2 aromatic rings. The second-order valence-electron chi connectivity index (χ2n) is 7.99. The molecular weight excluding hydrogens is 434 g/mol. The Morgan fingerprint density at radius 3 is 2.73 bits per heavy atom. The standard InChI is InChI=1S/C22H26F2N6O3/c1-32-19(27-12-14-5-3-2-4-6-14)15-7-9-29(13-16(15)25)18-11-22(23,24)20(33-18)30-10-8-17(26)28-21(30)31/h2-6,8,10,18,20H,7,9,11-13,25H2,1H3,(H2,26,28,31)/t18?,20-/m1/s1. The predicted octanol–water partition coefficient (Wildman–Crippen LogP) is 1.87. The minimum Gasteiger partial charge on any atom is -0.481 e. The van der Waals surface area contributed by atoms with Crippen molar-refractivity contribution in [2.45, 2.75) is 37.8 Å². The molecule has 1 aromatic heterocycles. The van der Waals surface area contributed by atoms with Crippen molar-refractivity contribution < 1.29 is 18.3 Å². The lowest BCUT2D eigenvalue weighted by Gasteiger charge is -2.33. The van der Waals surface area contributed by atoms with Crippen LogP contribution in [-0.2, 0) is 16.0 Å². The molecule has 1 fully saturated rings. The number of benzene rings is 1. The van der Waals surface area contributed by atoms with E-state index in [1.807, 2.05) is 30.3 Å². The van der Waals surface area contributed by atoms with Gasteiger partial charge in [0, 0.05) is 30.6 Å². The molecule has 4 rings (SSSR count). The first-order valence-corrected chi connectivity index (χ1v) is 10.5. The monoisotopic (exact) mass is 460 g/mol. The summed E-state index contributed by atoms with van der Waals surface area (Å²) in [6.07, 6.45) is -1.62. The number of rotatable bonds is 5. The topological polar surface area (TPSA) is 121 Å². The van der Waals surface area contributed by atoms with E-state index >= 15 is 0 Å². The summed E-state index contributed by atoms with van der Waals surface area (Å²) in [5.74, 6) is -2.87. The van der Waals surface area contributed by atoms with E-state index in [0.29, 0.717) is 31.1 Å². The smallest absolute Gasteiger partial charge is 0.351 e. The van der Waals surface area contributed by atoms with Crippen LogP contribution in [0.3, 0.4) is 0 Å². The molecule has 0 radical (unpaired) electrons. The average Bonchev–Trinajstić information content (AvgIpc) is 3.10. The number of anilines is 1. The summed E-state index contributed by atoms with van der Waals surface area (Å²) in [4.78, 5) is 21.8. The van der Waals surface area contributed by atoms with E-state index in [2.05, 4.69) is 9.98 Å². The lowest BCUT2D eigenvalue weighted by Crippen LogP contribution is -2.43. The molecule has 0 spiro atoms. The van der Waals surface area contributed by atoms with Gasteiger partial charge in [0.05, 0.1) is 20.1 Å². The maximum atomic E-state index is 14.7. The molecule has 2 aliphatic rings. The van der Waals surface area contributed by atoms with Gasteiger partial charge < -0.3 is 20.9 Å². The number of alkyl halides is 2. The summed E-state index contributed by atoms with van der Waals surface area (Å²) < 4.78 is 41.3. The number of nitrogens with two attached hydrogens (primary N) is 2. The van der Waals surface area contributed by atoms with Gasteiger partial charge >= 0.3 is 5.69 Å². The Labute approximate surface area is 189 Å². The van der Waals surface area contributed by atoms with Gasteiger partial charge in [-0.2, -0.15) is 4.98 Å². The number of halogens is 2. The van der Waals surface area contributed by atoms with Crippen LogP contribution in [0, 0.1) is 0 Å². The third kappa shape index (κ3) is 4.88. The van der Waals surface area contributed by atoms with Gasteiger partial charge in [0.1, 0.15) is 12.0 Å². The first kappa shape index (κ1) is 22.9. The Hall–Kier alpha value is -3.31. The molecule has 9 nitrogen and oxygen atoms in total. The molecule has 2 aliphatic heterocycles. The summed E-state index contributed by atoms with van der Waals surface area (Å²) in [5, 5.41) is 0. The molecule has 0 saturated carbocycles. The van der Waals surface area contributed by atoms with Crippen LogP contribution >= 0.6 is 0 Å². The highest BCUT2D eigenvalue weighted by Crippen LogP contribution is 2.43. The highest BCUT2D eigenvalue weighted by atomic mass is 19.3. The van der Waals surface area contributed by atoms with Crippen molar-refractivity contribution >= 4 is 11.7 Å². The van der Waals surface area contributed by atoms with Crippen LogP contribution in [-0.4, -0.2) is 52.7 Å². The van der Waals surface area contributed by atoms with Crippen molar-refractivity contribution in [2.75, 3.05) is 25.9 Å². The van der Waals surface area contributed by atoms with E-state index in [4.69, 9.17) is 20.9 Å². The van der Waals surface area contributed by atoms with Crippen LogP contribution in [0.25, 0.3) is 0 Å². The van der Waals surface area contributed by atoms with Crippen molar-refractivity contribution in [3.63, 3.8) is 0 Å². The van der Waals surface area contributed by atoms with Crippen LogP contribution in [0.1, 0.15) is 24.6 Å². The molecular formula is C22H26F2N6O3. The molecule has 176 valence electrons. The van der Waals surface area contributed by atoms with Crippen molar-refractivity contribution in [2.24, 2.45) is 10.7 Å². The zero-order chi connectivity index (χ0) is 23.6. The lowest BCUT2D eigenvalue weighted by molar-refractivity contribution is -0.134. The number of ether oxygens (including phenoxy) is 2. The third-order valence-corrected chi connectivity index (χ3v) is 5.72. The zero-order valence-corrected chi connectivity index (χ0v) is 18.2. The van der Waals surface area contributed by atoms with E-state index in [0.717, 1.165) is 15.7 Å². The fraction of sp³-hybridized carbons (Fsp3) is 0.409. The SMILES string of the molecule is COC(=NCc1ccccc1)C1=C(N)CN(C2CC(F)(F)[C@H](n3ccc(N)nc3=O)O2)CC1. The van der Waals surface area contributed by atoms with Gasteiger partial charge in [-0.25, -0.2) is 18.6 Å². The van der Waals surface area contributed by atoms with Gasteiger partial charge in [0.15, 0.2) is 0 Å². The maximum Gasteiger partial charge on any atom is 0.351 e. The Bertz CT molecular complexity index is 1120. The lowest BCUT2D eigenvalue weighted by atomic mass is 10.0. The minimum absolute atomic E-state index is 0.0431. The molecule has 0 aliphatic carbocycles. The van der Waals surface area contributed by atoms with Crippen molar-refractivity contribution in [3.05, 3.63) is 69.9 Å². The predicted molar refractivity (Wildman–Crippen MR) is 118 cm³/mol. The van der Waals surface area contributed by atoms with E-state index in [1.165, 1.54) is 19.4 Å². The Balaban J connectivity index is 1.48. The van der Waals surface area contributed by atoms with E-state index in [1.54, 1.807) is 4.90 Å². The first-order valence-electron chi connectivity index (χ1n) is 10.5. The maximum absolute atomic E-state index is 14.7. The molecule has 3 heterocycles. The fourth-order valence-electron chi connectivity index (χ4n) is 4.05. The normalized spacial score (nSPS) is 23.7. The summed E-state index contributed by atoms with van der Waals surface area (Å²) in [7, 11) is 1.53. The number of hydrogen-bond acceptors (Lipinski definition) is 8. The van der Waals surface area contributed by atoms with Gasteiger partial charge in [-0.1, -0.05) is 30.3 Å². The average molecular weight is 460 g/mol. The van der Waals surface area contributed by atoms with E-state index in [9.17, 15) is 13.6 Å². The fourth-order valence-corrected chi connectivity index (χ4v) is 4.05. The Morgan fingerprint density at radius 1 is 1.30 bits per heavy atom. The molecule has 4 N–H and O–H groups in total. The van der Waals surface area contributed by atoms with Crippen LogP contribution in [0.2, 0.25) is 0 Å². The van der Waals surface area contributed by atoms with Crippen LogP contribution < -0.4 is 17.2 Å². The highest BCUT2D eigenvalue weighted by Gasteiger charge is 2.53. The summed E-state index contributed by atoms with van der Waals surface area (Å²) in [6, 6.07) is 11.0. The zero-order valence-electron chi connectivity index (χ0n) is 18.2. The molecule has 0 bridgehead atoms. The van der Waals surface area contributed by atoms with Crippen molar-refractivity contribution in [1.29, 1.82) is 0 Å². The number of aliphatic imine (C=N–C) groups is 1.